The second-order valence-corrected chi connectivity index (χ2v) is 11.2. The van der Waals surface area contributed by atoms with E-state index in [0.717, 1.165) is 0 Å². The molecule has 6 aromatic carbocycles. The van der Waals surface area contributed by atoms with Gasteiger partial charge in [0.1, 0.15) is 0 Å². The molecule has 0 saturated carbocycles. The number of rotatable bonds is 2. The van der Waals surface area contributed by atoms with Crippen molar-refractivity contribution in [1.82, 2.24) is 9.13 Å². The second kappa shape index (κ2) is 12.3. The standard InChI is InChI=1S/2C19H16N.2FH.Zr/c2*1-13-14(2)20(19-10-6-5-9-18(13)19)17-11-15-7-3-4-8-16(15)12-17;;;/h2*3-12H,1-2H3;2*1H;/q2*-1;;;+4/p-2. The zero-order chi connectivity index (χ0) is 30.1. The number of hydrogen-bond acceptors (Lipinski definition) is 0. The van der Waals surface area contributed by atoms with E-state index in [4.69, 9.17) is 0 Å². The summed E-state index contributed by atoms with van der Waals surface area (Å²) in [6.07, 6.45) is 0. The van der Waals surface area contributed by atoms with Crippen molar-refractivity contribution < 1.29 is 29.7 Å². The molecule has 2 aromatic heterocycles. The summed E-state index contributed by atoms with van der Waals surface area (Å²) in [5.41, 5.74) is 10.5. The van der Waals surface area contributed by atoms with E-state index in [9.17, 15) is 5.25 Å². The Bertz CT molecular complexity index is 1970. The maximum atomic E-state index is 9.80. The van der Waals surface area contributed by atoms with E-state index >= 15 is 0 Å². The number of aromatic nitrogens is 2. The molecule has 0 unspecified atom stereocenters. The molecule has 0 spiro atoms. The Labute approximate surface area is 263 Å². The van der Waals surface area contributed by atoms with Gasteiger partial charge in [-0.1, -0.05) is 48.5 Å². The molecule has 2 nitrogen and oxygen atoms in total. The maximum absolute atomic E-state index is 9.80. The summed E-state index contributed by atoms with van der Waals surface area (Å²) in [7, 11) is 0. The van der Waals surface area contributed by atoms with Gasteiger partial charge in [0.05, 0.1) is 11.0 Å². The molecule has 43 heavy (non-hydrogen) atoms. The minimum atomic E-state index is -2.77. The number of nitrogens with zero attached hydrogens (tertiary/aromatic N) is 2. The minimum absolute atomic E-state index is 1.26. The van der Waals surface area contributed by atoms with Crippen LogP contribution in [0.5, 0.6) is 0 Å². The second-order valence-electron chi connectivity index (χ2n) is 10.9. The molecule has 8 aromatic rings. The molecule has 5 heteroatoms. The first-order valence-electron chi connectivity index (χ1n) is 14.3. The molecule has 0 aliphatic rings. The van der Waals surface area contributed by atoms with E-state index in [1.54, 1.807) is 0 Å². The SMILES string of the molecule is Cc1c(C)n(-c2cc3ccccc3[cH-]2)c2ccccc12.Cc1c(C)n(-c2cc3ccccc3[cH-]2)c2ccccc12.[F][Zr+2][F]. The van der Waals surface area contributed by atoms with Crippen LogP contribution in [0.2, 0.25) is 0 Å². The van der Waals surface area contributed by atoms with Gasteiger partial charge in [0.25, 0.3) is 0 Å². The third kappa shape index (κ3) is 5.32. The van der Waals surface area contributed by atoms with E-state index in [2.05, 4.69) is 158 Å². The third-order valence-corrected chi connectivity index (χ3v) is 8.58. The van der Waals surface area contributed by atoms with Crippen LogP contribution in [0.3, 0.4) is 0 Å². The first kappa shape index (κ1) is 29.0. The van der Waals surface area contributed by atoms with Crippen molar-refractivity contribution in [2.24, 2.45) is 0 Å². The van der Waals surface area contributed by atoms with Gasteiger partial charge in [0, 0.05) is 22.2 Å². The monoisotopic (exact) mass is 644 g/mol. The van der Waals surface area contributed by atoms with Crippen molar-refractivity contribution in [2.75, 3.05) is 0 Å². The quantitative estimate of drug-likeness (QED) is 0.166. The van der Waals surface area contributed by atoms with Gasteiger partial charge in [0.2, 0.25) is 0 Å². The predicted octanol–water partition coefficient (Wildman–Crippen LogP) is 11.1. The number of benzene rings is 4. The fourth-order valence-corrected chi connectivity index (χ4v) is 6.25. The van der Waals surface area contributed by atoms with Crippen LogP contribution in [-0.4, -0.2) is 9.13 Å². The van der Waals surface area contributed by atoms with Crippen LogP contribution in [0.15, 0.2) is 121 Å². The van der Waals surface area contributed by atoms with Gasteiger partial charge in [-0.15, -0.1) is 82.2 Å². The molecule has 0 atom stereocenters. The zero-order valence-electron chi connectivity index (χ0n) is 24.7. The van der Waals surface area contributed by atoms with Crippen LogP contribution in [0, 0.1) is 27.7 Å². The normalized spacial score (nSPS) is 10.9. The van der Waals surface area contributed by atoms with Crippen molar-refractivity contribution in [3.8, 4) is 11.4 Å². The summed E-state index contributed by atoms with van der Waals surface area (Å²) in [6.45, 7) is 8.81. The van der Waals surface area contributed by atoms with Crippen LogP contribution in [0.1, 0.15) is 22.5 Å². The molecular weight excluding hydrogens is 614 g/mol. The molecule has 0 aliphatic heterocycles. The Morgan fingerprint density at radius 1 is 0.512 bits per heavy atom. The molecule has 0 radical (unpaired) electrons. The number of para-hydroxylation sites is 2. The first-order chi connectivity index (χ1) is 20.9. The average Bonchev–Trinajstić information content (AvgIpc) is 3.76. The van der Waals surface area contributed by atoms with Crippen molar-refractivity contribution in [3.05, 3.63) is 144 Å². The summed E-state index contributed by atoms with van der Waals surface area (Å²) in [5, 5.41) is 7.90. The van der Waals surface area contributed by atoms with Crippen molar-refractivity contribution >= 4 is 43.4 Å². The Balaban J connectivity index is 0.000000141. The molecule has 0 saturated heterocycles. The van der Waals surface area contributed by atoms with Crippen LogP contribution in [0.4, 0.5) is 5.25 Å². The fourth-order valence-electron chi connectivity index (χ4n) is 6.25. The molecule has 0 fully saturated rings. The van der Waals surface area contributed by atoms with Gasteiger partial charge in [-0.2, -0.15) is 0 Å². The Morgan fingerprint density at radius 3 is 1.26 bits per heavy atom. The topological polar surface area (TPSA) is 9.86 Å². The summed E-state index contributed by atoms with van der Waals surface area (Å²) in [6, 6.07) is 43.4. The van der Waals surface area contributed by atoms with Gasteiger partial charge >= 0.3 is 29.7 Å². The summed E-state index contributed by atoms with van der Waals surface area (Å²) >= 11 is -2.77. The summed E-state index contributed by atoms with van der Waals surface area (Å²) in [5.74, 6) is 0. The number of aryl methyl sites for hydroxylation is 2. The molecule has 0 N–H and O–H groups in total. The zero-order valence-corrected chi connectivity index (χ0v) is 27.2. The number of hydrogen-bond donors (Lipinski definition) is 0. The Morgan fingerprint density at radius 2 is 0.860 bits per heavy atom. The molecular formula is C38H32F2N2Zr. The van der Waals surface area contributed by atoms with E-state index in [1.807, 2.05) is 0 Å². The average molecular weight is 646 g/mol. The van der Waals surface area contributed by atoms with Gasteiger partial charge in [-0.25, -0.2) is 0 Å². The van der Waals surface area contributed by atoms with Gasteiger partial charge in [-0.3, -0.25) is 0 Å². The predicted molar refractivity (Wildman–Crippen MR) is 174 cm³/mol. The third-order valence-electron chi connectivity index (χ3n) is 8.58. The Kier molecular flexibility index (Phi) is 8.28. The summed E-state index contributed by atoms with van der Waals surface area (Å²) in [4.78, 5) is 0. The van der Waals surface area contributed by atoms with Crippen LogP contribution >= 0.6 is 0 Å². The van der Waals surface area contributed by atoms with E-state index in [1.165, 1.54) is 77.2 Å². The van der Waals surface area contributed by atoms with Crippen molar-refractivity contribution in [3.63, 3.8) is 0 Å². The van der Waals surface area contributed by atoms with E-state index in [-0.39, 0.29) is 0 Å². The van der Waals surface area contributed by atoms with Gasteiger partial charge in [0.15, 0.2) is 0 Å². The summed E-state index contributed by atoms with van der Waals surface area (Å²) < 4.78 is 24.3. The molecule has 212 valence electrons. The van der Waals surface area contributed by atoms with Crippen molar-refractivity contribution in [1.29, 1.82) is 0 Å². The molecule has 8 rings (SSSR count). The van der Waals surface area contributed by atoms with Crippen LogP contribution in [-0.2, 0) is 24.5 Å². The first-order valence-corrected chi connectivity index (χ1v) is 16.2. The fraction of sp³-hybridized carbons (Fsp3) is 0.105. The van der Waals surface area contributed by atoms with Crippen LogP contribution in [0.25, 0.3) is 54.7 Å². The molecule has 0 amide bonds. The van der Waals surface area contributed by atoms with Crippen molar-refractivity contribution in [2.45, 2.75) is 27.7 Å². The van der Waals surface area contributed by atoms with E-state index < -0.39 is 24.5 Å². The van der Waals surface area contributed by atoms with E-state index in [0.29, 0.717) is 0 Å². The Hall–Kier alpha value is -4.08. The number of halogens is 2. The van der Waals surface area contributed by atoms with Crippen LogP contribution < -0.4 is 0 Å². The molecule has 0 aliphatic carbocycles. The van der Waals surface area contributed by atoms with Gasteiger partial charge in [-0.05, 0) is 62.3 Å². The number of fused-ring (bicyclic) bond motifs is 4. The molecule has 2 heterocycles. The van der Waals surface area contributed by atoms with Gasteiger partial charge < -0.3 is 9.13 Å². The molecule has 0 bridgehead atoms.